The van der Waals surface area contributed by atoms with Crippen molar-refractivity contribution < 1.29 is 4.79 Å². The van der Waals surface area contributed by atoms with E-state index in [0.717, 1.165) is 37.2 Å². The number of hydrazine groups is 1. The van der Waals surface area contributed by atoms with Crippen molar-refractivity contribution in [1.82, 2.24) is 21.1 Å². The number of nitrogens with zero attached hydrogens (tertiary/aromatic N) is 1. The predicted molar refractivity (Wildman–Crippen MR) is 99.9 cm³/mol. The van der Waals surface area contributed by atoms with Crippen LogP contribution in [0.25, 0.3) is 0 Å². The number of amides is 1. The fourth-order valence-corrected chi connectivity index (χ4v) is 3.89. The molecule has 0 aliphatic heterocycles. The number of hydrogen-bond acceptors (Lipinski definition) is 4. The summed E-state index contributed by atoms with van der Waals surface area (Å²) in [6.07, 6.45) is 4.39. The number of carbonyl (C=O) groups is 1. The lowest BCUT2D eigenvalue weighted by Crippen LogP contribution is -2.47. The Bertz CT molecular complexity index is 556. The third-order valence-electron chi connectivity index (χ3n) is 3.91. The molecule has 1 aliphatic rings. The van der Waals surface area contributed by atoms with Gasteiger partial charge in [0, 0.05) is 11.4 Å². The van der Waals surface area contributed by atoms with E-state index in [2.05, 4.69) is 28.0 Å². The predicted octanol–water partition coefficient (Wildman–Crippen LogP) is 1.93. The highest BCUT2D eigenvalue weighted by Gasteiger charge is 2.20. The lowest BCUT2D eigenvalue weighted by atomic mass is 9.90. The molecule has 0 radical (unpaired) electrons. The molecule has 0 spiro atoms. The van der Waals surface area contributed by atoms with E-state index in [1.54, 1.807) is 11.3 Å². The third-order valence-corrected chi connectivity index (χ3v) is 5.39. The normalized spacial score (nSPS) is 16.8. The molecule has 0 saturated carbocycles. The van der Waals surface area contributed by atoms with Crippen molar-refractivity contribution in [2.45, 2.75) is 32.6 Å². The highest BCUT2D eigenvalue weighted by molar-refractivity contribution is 7.80. The molecule has 2 rings (SSSR count). The second-order valence-electron chi connectivity index (χ2n) is 6.40. The van der Waals surface area contributed by atoms with Crippen molar-refractivity contribution in [3.05, 3.63) is 21.4 Å². The molecule has 0 saturated heterocycles. The van der Waals surface area contributed by atoms with E-state index >= 15 is 0 Å². The van der Waals surface area contributed by atoms with E-state index in [1.807, 2.05) is 20.2 Å². The second kappa shape index (κ2) is 8.61. The first kappa shape index (κ1) is 18.2. The molecule has 1 aliphatic carbocycles. The molecule has 0 aromatic carbocycles. The Hall–Kier alpha value is -1.18. The van der Waals surface area contributed by atoms with Crippen LogP contribution in [0.1, 0.15) is 39.9 Å². The number of rotatable bonds is 5. The molecular weight excluding hydrogens is 328 g/mol. The number of aryl methyl sites for hydroxylation is 1. The molecule has 5 nitrogen and oxygen atoms in total. The maximum Gasteiger partial charge on any atom is 0.279 e. The number of carbonyl (C=O) groups excluding carboxylic acids is 1. The van der Waals surface area contributed by atoms with Gasteiger partial charge in [0.05, 0.1) is 4.88 Å². The van der Waals surface area contributed by atoms with Crippen LogP contribution in [-0.4, -0.2) is 43.1 Å². The van der Waals surface area contributed by atoms with Gasteiger partial charge in [0.2, 0.25) is 0 Å². The summed E-state index contributed by atoms with van der Waals surface area (Å²) < 4.78 is 0. The summed E-state index contributed by atoms with van der Waals surface area (Å²) in [4.78, 5) is 16.5. The molecule has 1 amide bonds. The summed E-state index contributed by atoms with van der Waals surface area (Å²) in [5.74, 6) is 0.597. The van der Waals surface area contributed by atoms with E-state index in [-0.39, 0.29) is 5.91 Å². The van der Waals surface area contributed by atoms with Crippen molar-refractivity contribution in [3.8, 4) is 0 Å². The topological polar surface area (TPSA) is 56.4 Å². The number of thiophene rings is 1. The number of hydrogen-bond donors (Lipinski definition) is 3. The van der Waals surface area contributed by atoms with Gasteiger partial charge in [-0.25, -0.2) is 0 Å². The first-order valence-corrected chi connectivity index (χ1v) is 9.28. The third kappa shape index (κ3) is 5.75. The van der Waals surface area contributed by atoms with Crippen molar-refractivity contribution in [1.29, 1.82) is 0 Å². The SMILES string of the molecule is C[C@@H]1CCc2sc(C(=O)NNC(=S)NCCCN(C)C)cc2C1. The van der Waals surface area contributed by atoms with Crippen LogP contribution in [0, 0.1) is 5.92 Å². The van der Waals surface area contributed by atoms with E-state index in [4.69, 9.17) is 12.2 Å². The Morgan fingerprint density at radius 2 is 2.22 bits per heavy atom. The van der Waals surface area contributed by atoms with Crippen LogP contribution >= 0.6 is 23.6 Å². The second-order valence-corrected chi connectivity index (χ2v) is 7.94. The zero-order valence-electron chi connectivity index (χ0n) is 14.1. The molecule has 3 N–H and O–H groups in total. The fraction of sp³-hybridized carbons (Fsp3) is 0.625. The maximum atomic E-state index is 12.2. The van der Waals surface area contributed by atoms with Gasteiger partial charge < -0.3 is 10.2 Å². The van der Waals surface area contributed by atoms with Crippen LogP contribution in [-0.2, 0) is 12.8 Å². The Balaban J connectivity index is 1.73. The lowest BCUT2D eigenvalue weighted by molar-refractivity contribution is 0.0947. The summed E-state index contributed by atoms with van der Waals surface area (Å²) >= 11 is 6.76. The average Bonchev–Trinajstić information content (AvgIpc) is 2.92. The fourth-order valence-electron chi connectivity index (χ4n) is 2.63. The van der Waals surface area contributed by atoms with Crippen LogP contribution in [0.3, 0.4) is 0 Å². The highest BCUT2D eigenvalue weighted by Crippen LogP contribution is 2.31. The Morgan fingerprint density at radius 1 is 1.43 bits per heavy atom. The number of fused-ring (bicyclic) bond motifs is 1. The maximum absolute atomic E-state index is 12.2. The minimum Gasteiger partial charge on any atom is -0.361 e. The smallest absolute Gasteiger partial charge is 0.279 e. The van der Waals surface area contributed by atoms with Gasteiger partial charge in [0.25, 0.3) is 5.91 Å². The van der Waals surface area contributed by atoms with Gasteiger partial charge in [-0.05, 0) is 76.1 Å². The highest BCUT2D eigenvalue weighted by atomic mass is 32.1. The molecule has 128 valence electrons. The summed E-state index contributed by atoms with van der Waals surface area (Å²) in [6.45, 7) is 4.05. The average molecular weight is 355 g/mol. The minimum absolute atomic E-state index is 0.116. The van der Waals surface area contributed by atoms with Gasteiger partial charge in [0.15, 0.2) is 5.11 Å². The van der Waals surface area contributed by atoms with Crippen LogP contribution < -0.4 is 16.2 Å². The number of nitrogens with one attached hydrogen (secondary N) is 3. The molecule has 23 heavy (non-hydrogen) atoms. The molecule has 1 atom stereocenters. The number of thiocarbonyl (C=S) groups is 1. The van der Waals surface area contributed by atoms with Gasteiger partial charge in [-0.1, -0.05) is 6.92 Å². The summed E-state index contributed by atoms with van der Waals surface area (Å²) in [7, 11) is 4.08. The first-order chi connectivity index (χ1) is 11.0. The zero-order chi connectivity index (χ0) is 16.8. The van der Waals surface area contributed by atoms with Crippen molar-refractivity contribution in [3.63, 3.8) is 0 Å². The van der Waals surface area contributed by atoms with Crippen molar-refractivity contribution >= 4 is 34.6 Å². The molecule has 1 aromatic rings. The Kier molecular flexibility index (Phi) is 6.80. The van der Waals surface area contributed by atoms with Crippen LogP contribution in [0.5, 0.6) is 0 Å². The van der Waals surface area contributed by atoms with E-state index in [1.165, 1.54) is 16.9 Å². The molecule has 0 fully saturated rings. The van der Waals surface area contributed by atoms with Crippen LogP contribution in [0.4, 0.5) is 0 Å². The monoisotopic (exact) mass is 354 g/mol. The van der Waals surface area contributed by atoms with Crippen LogP contribution in [0.15, 0.2) is 6.07 Å². The Labute approximate surface area is 147 Å². The Morgan fingerprint density at radius 3 is 2.96 bits per heavy atom. The summed E-state index contributed by atoms with van der Waals surface area (Å²) in [5.41, 5.74) is 6.78. The van der Waals surface area contributed by atoms with E-state index < -0.39 is 0 Å². The van der Waals surface area contributed by atoms with Gasteiger partial charge in [-0.3, -0.25) is 15.6 Å². The van der Waals surface area contributed by atoms with Crippen molar-refractivity contribution in [2.24, 2.45) is 5.92 Å². The molecular formula is C16H26N4OS2. The van der Waals surface area contributed by atoms with Crippen molar-refractivity contribution in [2.75, 3.05) is 27.2 Å². The molecule has 7 heteroatoms. The van der Waals surface area contributed by atoms with E-state index in [9.17, 15) is 4.79 Å². The summed E-state index contributed by atoms with van der Waals surface area (Å²) in [5, 5.41) is 3.53. The van der Waals surface area contributed by atoms with Gasteiger partial charge >= 0.3 is 0 Å². The largest absolute Gasteiger partial charge is 0.361 e. The lowest BCUT2D eigenvalue weighted by Gasteiger charge is -2.16. The van der Waals surface area contributed by atoms with Gasteiger partial charge in [-0.2, -0.15) is 0 Å². The minimum atomic E-state index is -0.116. The van der Waals surface area contributed by atoms with E-state index in [0.29, 0.717) is 11.0 Å². The van der Waals surface area contributed by atoms with Gasteiger partial charge in [-0.15, -0.1) is 11.3 Å². The zero-order valence-corrected chi connectivity index (χ0v) is 15.7. The van der Waals surface area contributed by atoms with Gasteiger partial charge in [0.1, 0.15) is 0 Å². The first-order valence-electron chi connectivity index (χ1n) is 8.06. The quantitative estimate of drug-likeness (QED) is 0.429. The molecule has 0 unspecified atom stereocenters. The van der Waals surface area contributed by atoms with Crippen LogP contribution in [0.2, 0.25) is 0 Å². The summed E-state index contributed by atoms with van der Waals surface area (Å²) in [6, 6.07) is 2.03. The molecule has 1 aromatic heterocycles. The standard InChI is InChI=1S/C16H26N4OS2/c1-11-5-6-13-12(9-11)10-14(23-13)15(21)18-19-16(22)17-7-4-8-20(2)3/h10-11H,4-9H2,1-3H3,(H,18,21)(H2,17,19,22)/t11-/m1/s1. The molecule has 0 bridgehead atoms. The molecule has 1 heterocycles.